The van der Waals surface area contributed by atoms with E-state index in [4.69, 9.17) is 16.7 Å². The van der Waals surface area contributed by atoms with Gasteiger partial charge in [-0.05, 0) is 30.3 Å². The summed E-state index contributed by atoms with van der Waals surface area (Å²) in [4.78, 5) is 17.0. The Hall–Kier alpha value is -2.07. The first-order valence-electron chi connectivity index (χ1n) is 5.27. The summed E-state index contributed by atoms with van der Waals surface area (Å²) in [5, 5.41) is 9.25. The van der Waals surface area contributed by atoms with Gasteiger partial charge >= 0.3 is 5.97 Å². The molecule has 0 bridgehead atoms. The fourth-order valence-electron chi connectivity index (χ4n) is 1.57. The van der Waals surface area contributed by atoms with E-state index in [9.17, 15) is 4.79 Å². The average Bonchev–Trinajstić information content (AvgIpc) is 2.39. The van der Waals surface area contributed by atoms with Crippen molar-refractivity contribution in [3.05, 3.63) is 53.2 Å². The molecule has 4 nitrogen and oxygen atoms in total. The van der Waals surface area contributed by atoms with Crippen LogP contribution in [-0.2, 0) is 0 Å². The molecule has 0 amide bonds. The summed E-state index contributed by atoms with van der Waals surface area (Å²) >= 11 is 5.83. The Bertz CT molecular complexity index is 572. The Morgan fingerprint density at radius 3 is 2.72 bits per heavy atom. The highest BCUT2D eigenvalue weighted by Gasteiger charge is 2.12. The predicted molar refractivity (Wildman–Crippen MR) is 70.7 cm³/mol. The minimum absolute atomic E-state index is 0.0805. The molecule has 18 heavy (non-hydrogen) atoms. The number of rotatable bonds is 3. The van der Waals surface area contributed by atoms with Crippen molar-refractivity contribution in [3.63, 3.8) is 0 Å². The van der Waals surface area contributed by atoms with Crippen molar-refractivity contribution >= 4 is 29.1 Å². The molecule has 0 aliphatic heterocycles. The summed E-state index contributed by atoms with van der Waals surface area (Å²) in [6, 6.07) is 10.4. The first-order valence-corrected chi connectivity index (χ1v) is 5.65. The highest BCUT2D eigenvalue weighted by atomic mass is 35.5. The molecule has 0 saturated heterocycles. The van der Waals surface area contributed by atoms with Crippen molar-refractivity contribution in [1.29, 1.82) is 0 Å². The van der Waals surface area contributed by atoms with Gasteiger partial charge in [-0.2, -0.15) is 0 Å². The van der Waals surface area contributed by atoms with Gasteiger partial charge in [-0.25, -0.2) is 9.78 Å². The van der Waals surface area contributed by atoms with Gasteiger partial charge in [0.15, 0.2) is 0 Å². The van der Waals surface area contributed by atoms with Crippen molar-refractivity contribution in [3.8, 4) is 0 Å². The molecule has 5 heteroatoms. The molecule has 2 rings (SSSR count). The van der Waals surface area contributed by atoms with Crippen molar-refractivity contribution < 1.29 is 9.90 Å². The van der Waals surface area contributed by atoms with Crippen LogP contribution in [0.15, 0.2) is 42.6 Å². The Labute approximate surface area is 109 Å². The van der Waals surface area contributed by atoms with Crippen LogP contribution in [0.2, 0.25) is 5.02 Å². The van der Waals surface area contributed by atoms with Crippen LogP contribution in [0.3, 0.4) is 0 Å². The molecule has 1 aromatic carbocycles. The lowest BCUT2D eigenvalue weighted by molar-refractivity contribution is 0.0697. The molecular weight excluding hydrogens is 252 g/mol. The third-order valence-corrected chi connectivity index (χ3v) is 2.89. The number of nitrogens with zero attached hydrogens (tertiary/aromatic N) is 2. The SMILES string of the molecule is CN(c1ccc(Cl)c(C(=O)O)c1)c1ccccn1. The monoisotopic (exact) mass is 262 g/mol. The normalized spacial score (nSPS) is 10.1. The van der Waals surface area contributed by atoms with Crippen LogP contribution in [-0.4, -0.2) is 23.1 Å². The van der Waals surface area contributed by atoms with Crippen LogP contribution in [0.1, 0.15) is 10.4 Å². The third kappa shape index (κ3) is 2.43. The highest BCUT2D eigenvalue weighted by Crippen LogP contribution is 2.26. The first-order chi connectivity index (χ1) is 8.59. The van der Waals surface area contributed by atoms with Crippen LogP contribution in [0.25, 0.3) is 0 Å². The van der Waals surface area contributed by atoms with Crippen LogP contribution in [0, 0.1) is 0 Å². The number of halogens is 1. The first kappa shape index (κ1) is 12.4. The zero-order valence-corrected chi connectivity index (χ0v) is 10.4. The molecule has 0 radical (unpaired) electrons. The Morgan fingerprint density at radius 2 is 2.11 bits per heavy atom. The van der Waals surface area contributed by atoms with E-state index >= 15 is 0 Å². The molecular formula is C13H11ClN2O2. The minimum atomic E-state index is -1.05. The third-order valence-electron chi connectivity index (χ3n) is 2.56. The molecule has 2 aromatic rings. The standard InChI is InChI=1S/C13H11ClN2O2/c1-16(12-4-2-3-7-15-12)9-5-6-11(14)10(8-9)13(17)18/h2-8H,1H3,(H,17,18). The molecule has 0 saturated carbocycles. The number of benzene rings is 1. The maximum absolute atomic E-state index is 11.0. The molecule has 0 spiro atoms. The zero-order valence-electron chi connectivity index (χ0n) is 9.67. The predicted octanol–water partition coefficient (Wildman–Crippen LogP) is 3.20. The van der Waals surface area contributed by atoms with Crippen molar-refractivity contribution in [2.24, 2.45) is 0 Å². The number of hydrogen-bond donors (Lipinski definition) is 1. The van der Waals surface area contributed by atoms with Crippen LogP contribution in [0.5, 0.6) is 0 Å². The van der Waals surface area contributed by atoms with Gasteiger partial charge in [0.05, 0.1) is 10.6 Å². The number of carboxylic acids is 1. The van der Waals surface area contributed by atoms with E-state index in [0.29, 0.717) is 0 Å². The largest absolute Gasteiger partial charge is 0.478 e. The summed E-state index contributed by atoms with van der Waals surface area (Å²) in [5.74, 6) is -0.313. The summed E-state index contributed by atoms with van der Waals surface area (Å²) < 4.78 is 0. The van der Waals surface area contributed by atoms with E-state index < -0.39 is 5.97 Å². The number of anilines is 2. The smallest absolute Gasteiger partial charge is 0.337 e. The molecule has 0 fully saturated rings. The molecule has 1 aromatic heterocycles. The van der Waals surface area contributed by atoms with Gasteiger partial charge in [-0.15, -0.1) is 0 Å². The second-order valence-electron chi connectivity index (χ2n) is 3.72. The molecule has 92 valence electrons. The van der Waals surface area contributed by atoms with Gasteiger partial charge in [-0.3, -0.25) is 0 Å². The van der Waals surface area contributed by atoms with Crippen molar-refractivity contribution in [2.75, 3.05) is 11.9 Å². The molecule has 1 heterocycles. The molecule has 1 N–H and O–H groups in total. The van der Waals surface area contributed by atoms with Crippen LogP contribution >= 0.6 is 11.6 Å². The topological polar surface area (TPSA) is 53.4 Å². The van der Waals surface area contributed by atoms with Crippen molar-refractivity contribution in [2.45, 2.75) is 0 Å². The van der Waals surface area contributed by atoms with E-state index in [0.717, 1.165) is 11.5 Å². The van der Waals surface area contributed by atoms with E-state index in [1.807, 2.05) is 25.2 Å². The summed E-state index contributed by atoms with van der Waals surface area (Å²) in [7, 11) is 1.82. The van der Waals surface area contributed by atoms with Gasteiger partial charge in [0.2, 0.25) is 0 Å². The van der Waals surface area contributed by atoms with E-state index in [-0.39, 0.29) is 10.6 Å². The Balaban J connectivity index is 2.40. The lowest BCUT2D eigenvalue weighted by Crippen LogP contribution is -2.11. The molecule has 0 aliphatic carbocycles. The highest BCUT2D eigenvalue weighted by molar-refractivity contribution is 6.33. The molecule has 0 atom stereocenters. The number of pyridine rings is 1. The summed E-state index contributed by atoms with van der Waals surface area (Å²) in [5.41, 5.74) is 0.799. The fraction of sp³-hybridized carbons (Fsp3) is 0.0769. The number of hydrogen-bond acceptors (Lipinski definition) is 3. The quantitative estimate of drug-likeness (QED) is 0.923. The number of aromatic carboxylic acids is 1. The van der Waals surface area contributed by atoms with Gasteiger partial charge in [0.1, 0.15) is 5.82 Å². The van der Waals surface area contributed by atoms with Gasteiger partial charge < -0.3 is 10.0 Å². The van der Waals surface area contributed by atoms with Gasteiger partial charge in [0.25, 0.3) is 0 Å². The maximum atomic E-state index is 11.0. The minimum Gasteiger partial charge on any atom is -0.478 e. The summed E-state index contributed by atoms with van der Waals surface area (Å²) in [6.07, 6.45) is 1.68. The Kier molecular flexibility index (Phi) is 3.48. The molecule has 0 unspecified atom stereocenters. The number of carbonyl (C=O) groups is 1. The average molecular weight is 263 g/mol. The van der Waals surface area contributed by atoms with Gasteiger partial charge in [0, 0.05) is 18.9 Å². The number of aromatic nitrogens is 1. The van der Waals surface area contributed by atoms with E-state index in [1.54, 1.807) is 23.2 Å². The molecule has 0 aliphatic rings. The maximum Gasteiger partial charge on any atom is 0.337 e. The fourth-order valence-corrected chi connectivity index (χ4v) is 1.77. The zero-order chi connectivity index (χ0) is 13.1. The lowest BCUT2D eigenvalue weighted by atomic mass is 10.2. The van der Waals surface area contributed by atoms with E-state index in [2.05, 4.69) is 4.98 Å². The number of carboxylic acid groups (broad SMARTS) is 1. The van der Waals surface area contributed by atoms with Crippen LogP contribution in [0.4, 0.5) is 11.5 Å². The van der Waals surface area contributed by atoms with Crippen molar-refractivity contribution in [1.82, 2.24) is 4.98 Å². The second kappa shape index (κ2) is 5.06. The summed E-state index contributed by atoms with van der Waals surface area (Å²) in [6.45, 7) is 0. The van der Waals surface area contributed by atoms with Gasteiger partial charge in [-0.1, -0.05) is 17.7 Å². The van der Waals surface area contributed by atoms with Crippen LogP contribution < -0.4 is 4.90 Å². The second-order valence-corrected chi connectivity index (χ2v) is 4.12. The Morgan fingerprint density at radius 1 is 1.33 bits per heavy atom. The van der Waals surface area contributed by atoms with E-state index in [1.165, 1.54) is 6.07 Å². The lowest BCUT2D eigenvalue weighted by Gasteiger charge is -2.18.